The molecule has 0 saturated carbocycles. The molecule has 3 heterocycles. The molecular weight excluding hydrogens is 469 g/mol. The third-order valence-corrected chi connectivity index (χ3v) is 6.26. The Morgan fingerprint density at radius 1 is 1.00 bits per heavy atom. The lowest BCUT2D eigenvalue weighted by atomic mass is 10.0. The van der Waals surface area contributed by atoms with Gasteiger partial charge < -0.3 is 10.5 Å². The maximum Gasteiger partial charge on any atom is 0.417 e. The number of nitrogens with two attached hydrogens (primary N) is 1. The number of nitrogens with zero attached hydrogens (tertiary/aromatic N) is 5. The van der Waals surface area contributed by atoms with Gasteiger partial charge in [-0.1, -0.05) is 36.4 Å². The van der Waals surface area contributed by atoms with E-state index in [2.05, 4.69) is 15.0 Å². The number of aromatic nitrogens is 3. The molecule has 2 N–H and O–H groups in total. The zero-order chi connectivity index (χ0) is 25.3. The van der Waals surface area contributed by atoms with Crippen molar-refractivity contribution in [3.05, 3.63) is 65.7 Å². The molecule has 1 aliphatic heterocycles. The number of nitrogen functional groups attached to an aromatic ring is 1. The highest BCUT2D eigenvalue weighted by atomic mass is 19.4. The van der Waals surface area contributed by atoms with Crippen LogP contribution in [0, 0.1) is 11.3 Å². The molecule has 0 aliphatic carbocycles. The number of hydrogen-bond acceptors (Lipinski definition) is 6. The smallest absolute Gasteiger partial charge is 0.398 e. The van der Waals surface area contributed by atoms with Crippen molar-refractivity contribution in [2.45, 2.75) is 12.7 Å². The van der Waals surface area contributed by atoms with Gasteiger partial charge in [0.15, 0.2) is 5.65 Å². The maximum atomic E-state index is 14.4. The number of benzene rings is 2. The van der Waals surface area contributed by atoms with Crippen molar-refractivity contribution < 1.29 is 17.9 Å². The van der Waals surface area contributed by atoms with Crippen molar-refractivity contribution in [2.75, 3.05) is 38.6 Å². The van der Waals surface area contributed by atoms with E-state index in [1.54, 1.807) is 35.0 Å². The number of halogens is 3. The first kappa shape index (κ1) is 23.8. The highest BCUT2D eigenvalue weighted by Crippen LogP contribution is 2.41. The zero-order valence-electron chi connectivity index (χ0n) is 19.3. The molecule has 1 aliphatic rings. The highest BCUT2D eigenvalue weighted by Gasteiger charge is 2.36. The molecule has 36 heavy (non-hydrogen) atoms. The molecule has 2 aromatic carbocycles. The fourth-order valence-corrected chi connectivity index (χ4v) is 4.43. The Hall–Kier alpha value is -3.94. The monoisotopic (exact) mass is 492 g/mol. The zero-order valence-corrected chi connectivity index (χ0v) is 19.3. The Kier molecular flexibility index (Phi) is 6.35. The number of fused-ring (bicyclic) bond motifs is 1. The first-order valence-electron chi connectivity index (χ1n) is 11.5. The van der Waals surface area contributed by atoms with Gasteiger partial charge in [0.25, 0.3) is 0 Å². The van der Waals surface area contributed by atoms with E-state index in [1.165, 1.54) is 12.1 Å². The summed E-state index contributed by atoms with van der Waals surface area (Å²) in [4.78, 5) is 6.71. The van der Waals surface area contributed by atoms with Crippen LogP contribution < -0.4 is 5.73 Å². The second kappa shape index (κ2) is 9.60. The van der Waals surface area contributed by atoms with Gasteiger partial charge in [-0.05, 0) is 18.2 Å². The summed E-state index contributed by atoms with van der Waals surface area (Å²) in [5, 5.41) is 13.8. The number of anilines is 1. The summed E-state index contributed by atoms with van der Waals surface area (Å²) in [7, 11) is 0. The fourth-order valence-electron chi connectivity index (χ4n) is 4.43. The van der Waals surface area contributed by atoms with Crippen LogP contribution in [0.25, 0.3) is 33.5 Å². The van der Waals surface area contributed by atoms with Crippen molar-refractivity contribution in [2.24, 2.45) is 0 Å². The molecule has 4 aromatic rings. The molecule has 10 heteroatoms. The molecule has 1 saturated heterocycles. The third-order valence-electron chi connectivity index (χ3n) is 6.26. The van der Waals surface area contributed by atoms with E-state index in [4.69, 9.17) is 10.5 Å². The molecule has 0 unspecified atom stereocenters. The van der Waals surface area contributed by atoms with Crippen molar-refractivity contribution in [3.63, 3.8) is 0 Å². The minimum absolute atomic E-state index is 0.00371. The van der Waals surface area contributed by atoms with Gasteiger partial charge in [-0.15, -0.1) is 0 Å². The van der Waals surface area contributed by atoms with Gasteiger partial charge >= 0.3 is 6.18 Å². The van der Waals surface area contributed by atoms with Gasteiger partial charge in [0.2, 0.25) is 0 Å². The van der Waals surface area contributed by atoms with Crippen molar-refractivity contribution in [3.8, 4) is 28.6 Å². The number of pyridine rings is 1. The number of alkyl halides is 3. The van der Waals surface area contributed by atoms with Gasteiger partial charge in [-0.3, -0.25) is 9.58 Å². The van der Waals surface area contributed by atoms with E-state index < -0.39 is 11.7 Å². The van der Waals surface area contributed by atoms with Crippen LogP contribution in [0.1, 0.15) is 11.1 Å². The molecule has 1 fully saturated rings. The Morgan fingerprint density at radius 2 is 1.75 bits per heavy atom. The number of nitriles is 1. The van der Waals surface area contributed by atoms with Crippen LogP contribution in [0.5, 0.6) is 0 Å². The normalized spacial score (nSPS) is 14.7. The number of morpholine rings is 1. The minimum Gasteiger partial charge on any atom is -0.398 e. The average molecular weight is 493 g/mol. The van der Waals surface area contributed by atoms with E-state index in [-0.39, 0.29) is 28.0 Å². The summed E-state index contributed by atoms with van der Waals surface area (Å²) in [6, 6.07) is 16.4. The second-order valence-corrected chi connectivity index (χ2v) is 8.56. The van der Waals surface area contributed by atoms with Crippen LogP contribution in [0.15, 0.2) is 54.6 Å². The van der Waals surface area contributed by atoms with E-state index >= 15 is 0 Å². The van der Waals surface area contributed by atoms with Crippen LogP contribution in [0.2, 0.25) is 0 Å². The second-order valence-electron chi connectivity index (χ2n) is 8.56. The highest BCUT2D eigenvalue weighted by molar-refractivity contribution is 5.96. The predicted octanol–water partition coefficient (Wildman–Crippen LogP) is 4.57. The van der Waals surface area contributed by atoms with Gasteiger partial charge in [0.1, 0.15) is 6.07 Å². The number of rotatable bonds is 5. The lowest BCUT2D eigenvalue weighted by molar-refractivity contribution is -0.136. The summed E-state index contributed by atoms with van der Waals surface area (Å²) in [6.07, 6.45) is -4.65. The Morgan fingerprint density at radius 3 is 2.44 bits per heavy atom. The summed E-state index contributed by atoms with van der Waals surface area (Å²) in [5.74, 6) is 0. The summed E-state index contributed by atoms with van der Waals surface area (Å²) in [5.41, 5.74) is 6.82. The molecule has 0 atom stereocenters. The van der Waals surface area contributed by atoms with Crippen molar-refractivity contribution in [1.82, 2.24) is 19.7 Å². The van der Waals surface area contributed by atoms with Crippen LogP contribution >= 0.6 is 0 Å². The van der Waals surface area contributed by atoms with Crippen LogP contribution in [-0.2, 0) is 17.5 Å². The van der Waals surface area contributed by atoms with E-state index in [0.29, 0.717) is 43.1 Å². The van der Waals surface area contributed by atoms with E-state index in [9.17, 15) is 18.4 Å². The number of hydrogen-bond donors (Lipinski definition) is 1. The first-order chi connectivity index (χ1) is 17.3. The van der Waals surface area contributed by atoms with Gasteiger partial charge in [-0.25, -0.2) is 4.98 Å². The maximum absolute atomic E-state index is 14.4. The van der Waals surface area contributed by atoms with Crippen LogP contribution in [-0.4, -0.2) is 52.5 Å². The van der Waals surface area contributed by atoms with Gasteiger partial charge in [0, 0.05) is 36.4 Å². The molecule has 0 spiro atoms. The lowest BCUT2D eigenvalue weighted by Crippen LogP contribution is -2.38. The minimum atomic E-state index is -4.65. The summed E-state index contributed by atoms with van der Waals surface area (Å²) in [6.45, 7) is 3.79. The predicted molar refractivity (Wildman–Crippen MR) is 130 cm³/mol. The largest absolute Gasteiger partial charge is 0.417 e. The molecule has 7 nitrogen and oxygen atoms in total. The quantitative estimate of drug-likeness (QED) is 0.411. The molecule has 0 bridgehead atoms. The lowest BCUT2D eigenvalue weighted by Gasteiger charge is -2.26. The van der Waals surface area contributed by atoms with Crippen LogP contribution in [0.4, 0.5) is 18.9 Å². The third kappa shape index (κ3) is 4.63. The Bertz CT molecular complexity index is 1440. The van der Waals surface area contributed by atoms with E-state index in [1.807, 2.05) is 12.1 Å². The topological polar surface area (TPSA) is 93.0 Å². The molecule has 5 rings (SSSR count). The molecule has 0 amide bonds. The molecular formula is C26H23F3N6O. The molecule has 184 valence electrons. The summed E-state index contributed by atoms with van der Waals surface area (Å²) >= 11 is 0. The standard InChI is InChI=1S/C26H23F3N6O/c27-26(28,29)20-15-22(18-6-7-21(31)19(14-18)16-30)32-25-23(20)24(17-4-2-1-3-5-17)35(33-25)9-8-34-10-12-36-13-11-34/h1-7,14-15H,8-13,31H2. The Balaban J connectivity index is 1.70. The van der Waals surface area contributed by atoms with Crippen molar-refractivity contribution in [1.29, 1.82) is 5.26 Å². The molecule has 2 aromatic heterocycles. The SMILES string of the molecule is N#Cc1cc(-c2cc(C(F)(F)F)c3c(-c4ccccc4)n(CCN4CCOCC4)nc3n2)ccc1N. The molecule has 0 radical (unpaired) electrons. The Labute approximate surface area is 205 Å². The fraction of sp³-hybridized carbons (Fsp3) is 0.269. The van der Waals surface area contributed by atoms with Crippen LogP contribution in [0.3, 0.4) is 0 Å². The van der Waals surface area contributed by atoms with E-state index in [0.717, 1.165) is 19.2 Å². The first-order valence-corrected chi connectivity index (χ1v) is 11.5. The number of ether oxygens (including phenoxy) is 1. The van der Waals surface area contributed by atoms with Gasteiger partial charge in [0.05, 0.1) is 47.7 Å². The van der Waals surface area contributed by atoms with Gasteiger partial charge in [-0.2, -0.15) is 23.5 Å². The van der Waals surface area contributed by atoms with Crippen molar-refractivity contribution >= 4 is 16.7 Å². The average Bonchev–Trinajstić information content (AvgIpc) is 3.26. The summed E-state index contributed by atoms with van der Waals surface area (Å²) < 4.78 is 50.4.